The average molecular weight is 377 g/mol. The molecule has 0 aliphatic carbocycles. The number of rotatable bonds is 3. The summed E-state index contributed by atoms with van der Waals surface area (Å²) < 4.78 is 0. The molecule has 0 saturated carbocycles. The molecule has 0 unspecified atom stereocenters. The standard InChI is InChI=1S/C18H14Cl2N2OS/c1-10-3-4-12(7-11(10)2)16-9-24-18(21-16)22-17(23)14-6-5-13(19)8-15(14)20/h3-9H,1-2H3,(H,21,22,23). The molecule has 0 radical (unpaired) electrons. The average Bonchev–Trinajstić information content (AvgIpc) is 2.98. The Bertz CT molecular complexity index is 921. The van der Waals surface area contributed by atoms with E-state index in [2.05, 4.69) is 36.3 Å². The molecule has 1 heterocycles. The van der Waals surface area contributed by atoms with Gasteiger partial charge in [-0.25, -0.2) is 4.98 Å². The highest BCUT2D eigenvalue weighted by Gasteiger charge is 2.13. The first-order valence-corrected chi connectivity index (χ1v) is 8.87. The number of aryl methyl sites for hydroxylation is 2. The summed E-state index contributed by atoms with van der Waals surface area (Å²) in [6.45, 7) is 4.14. The van der Waals surface area contributed by atoms with Crippen molar-refractivity contribution in [3.8, 4) is 11.3 Å². The second-order valence-electron chi connectivity index (χ2n) is 5.42. The lowest BCUT2D eigenvalue weighted by molar-refractivity contribution is 0.102. The molecule has 3 nitrogen and oxygen atoms in total. The van der Waals surface area contributed by atoms with Crippen molar-refractivity contribution in [2.24, 2.45) is 0 Å². The van der Waals surface area contributed by atoms with Gasteiger partial charge in [0.1, 0.15) is 0 Å². The van der Waals surface area contributed by atoms with Crippen LogP contribution in [0.1, 0.15) is 21.5 Å². The number of carbonyl (C=O) groups excluding carboxylic acids is 1. The second-order valence-corrected chi connectivity index (χ2v) is 7.12. The Balaban J connectivity index is 1.80. The van der Waals surface area contributed by atoms with Crippen LogP contribution in [-0.4, -0.2) is 10.9 Å². The topological polar surface area (TPSA) is 42.0 Å². The van der Waals surface area contributed by atoms with E-state index in [1.807, 2.05) is 11.4 Å². The third-order valence-electron chi connectivity index (χ3n) is 3.70. The van der Waals surface area contributed by atoms with E-state index in [0.717, 1.165) is 11.3 Å². The van der Waals surface area contributed by atoms with Crippen LogP contribution < -0.4 is 5.32 Å². The minimum absolute atomic E-state index is 0.308. The molecular formula is C18H14Cl2N2OS. The Morgan fingerprint density at radius 3 is 2.58 bits per heavy atom. The molecule has 0 saturated heterocycles. The molecule has 1 amide bonds. The summed E-state index contributed by atoms with van der Waals surface area (Å²) >= 11 is 13.3. The maximum atomic E-state index is 12.3. The largest absolute Gasteiger partial charge is 0.298 e. The Hall–Kier alpha value is -1.88. The molecular weight excluding hydrogens is 363 g/mol. The van der Waals surface area contributed by atoms with Crippen molar-refractivity contribution in [1.82, 2.24) is 4.98 Å². The smallest absolute Gasteiger partial charge is 0.258 e. The number of amides is 1. The number of hydrogen-bond acceptors (Lipinski definition) is 3. The normalized spacial score (nSPS) is 10.7. The maximum Gasteiger partial charge on any atom is 0.258 e. The van der Waals surface area contributed by atoms with Gasteiger partial charge in [0.25, 0.3) is 5.91 Å². The van der Waals surface area contributed by atoms with Crippen molar-refractivity contribution in [3.63, 3.8) is 0 Å². The second kappa shape index (κ2) is 6.93. The zero-order valence-corrected chi connectivity index (χ0v) is 15.4. The number of nitrogens with one attached hydrogen (secondary N) is 1. The molecule has 0 fully saturated rings. The number of nitrogens with zero attached hydrogens (tertiary/aromatic N) is 1. The van der Waals surface area contributed by atoms with Gasteiger partial charge in [0, 0.05) is 16.0 Å². The first kappa shape index (κ1) is 17.0. The predicted molar refractivity (Wildman–Crippen MR) is 101 cm³/mol. The third-order valence-corrected chi connectivity index (χ3v) is 5.01. The van der Waals surface area contributed by atoms with Crippen LogP contribution >= 0.6 is 34.5 Å². The van der Waals surface area contributed by atoms with E-state index in [1.54, 1.807) is 18.2 Å². The summed E-state index contributed by atoms with van der Waals surface area (Å²) in [4.78, 5) is 16.8. The van der Waals surface area contributed by atoms with Crippen LogP contribution in [-0.2, 0) is 0 Å². The monoisotopic (exact) mass is 376 g/mol. The highest BCUT2D eigenvalue weighted by atomic mass is 35.5. The molecule has 3 rings (SSSR count). The lowest BCUT2D eigenvalue weighted by Gasteiger charge is -2.04. The number of hydrogen-bond donors (Lipinski definition) is 1. The molecule has 0 atom stereocenters. The van der Waals surface area contributed by atoms with E-state index < -0.39 is 0 Å². The van der Waals surface area contributed by atoms with Crippen LogP contribution in [0.15, 0.2) is 41.8 Å². The van der Waals surface area contributed by atoms with Crippen LogP contribution in [0.3, 0.4) is 0 Å². The highest BCUT2D eigenvalue weighted by Crippen LogP contribution is 2.27. The zero-order chi connectivity index (χ0) is 17.3. The van der Waals surface area contributed by atoms with E-state index in [1.165, 1.54) is 22.5 Å². The molecule has 6 heteroatoms. The van der Waals surface area contributed by atoms with Gasteiger partial charge in [-0.05, 0) is 49.2 Å². The highest BCUT2D eigenvalue weighted by molar-refractivity contribution is 7.14. The Labute approximate surface area is 154 Å². The molecule has 1 aromatic heterocycles. The van der Waals surface area contributed by atoms with Crippen molar-refractivity contribution in [2.75, 3.05) is 5.32 Å². The summed E-state index contributed by atoms with van der Waals surface area (Å²) in [5.74, 6) is -0.308. The lowest BCUT2D eigenvalue weighted by atomic mass is 10.1. The Morgan fingerprint density at radius 1 is 1.08 bits per heavy atom. The number of aromatic nitrogens is 1. The third kappa shape index (κ3) is 3.61. The Kier molecular flexibility index (Phi) is 4.90. The van der Waals surface area contributed by atoms with Gasteiger partial charge in [-0.1, -0.05) is 35.3 Å². The quantitative estimate of drug-likeness (QED) is 0.610. The zero-order valence-electron chi connectivity index (χ0n) is 13.1. The molecule has 2 aromatic carbocycles. The van der Waals surface area contributed by atoms with Crippen LogP contribution in [0.5, 0.6) is 0 Å². The molecule has 1 N–H and O–H groups in total. The molecule has 0 bridgehead atoms. The van der Waals surface area contributed by atoms with Crippen LogP contribution in [0, 0.1) is 13.8 Å². The van der Waals surface area contributed by atoms with Crippen LogP contribution in [0.4, 0.5) is 5.13 Å². The van der Waals surface area contributed by atoms with Crippen LogP contribution in [0.25, 0.3) is 11.3 Å². The SMILES string of the molecule is Cc1ccc(-c2csc(NC(=O)c3ccc(Cl)cc3Cl)n2)cc1C. The van der Waals surface area contributed by atoms with Crippen molar-refractivity contribution in [1.29, 1.82) is 0 Å². The van der Waals surface area contributed by atoms with Gasteiger partial charge in [0.15, 0.2) is 5.13 Å². The van der Waals surface area contributed by atoms with Gasteiger partial charge in [-0.3, -0.25) is 10.1 Å². The van der Waals surface area contributed by atoms with Crippen molar-refractivity contribution >= 4 is 45.6 Å². The van der Waals surface area contributed by atoms with Crippen molar-refractivity contribution in [2.45, 2.75) is 13.8 Å². The van der Waals surface area contributed by atoms with Gasteiger partial charge in [-0.2, -0.15) is 0 Å². The van der Waals surface area contributed by atoms with E-state index in [4.69, 9.17) is 23.2 Å². The van der Waals surface area contributed by atoms with Gasteiger partial charge in [0.05, 0.1) is 16.3 Å². The lowest BCUT2D eigenvalue weighted by Crippen LogP contribution is -2.12. The summed E-state index contributed by atoms with van der Waals surface area (Å²) in [5.41, 5.74) is 4.67. The van der Waals surface area contributed by atoms with Gasteiger partial charge >= 0.3 is 0 Å². The molecule has 3 aromatic rings. The summed E-state index contributed by atoms with van der Waals surface area (Å²) in [5, 5.41) is 6.02. The predicted octanol–water partition coefficient (Wildman–Crippen LogP) is 5.99. The van der Waals surface area contributed by atoms with Gasteiger partial charge in [-0.15, -0.1) is 11.3 Å². The molecule has 0 aliphatic rings. The number of thiazole rings is 1. The Morgan fingerprint density at radius 2 is 1.88 bits per heavy atom. The van der Waals surface area contributed by atoms with Crippen molar-refractivity contribution < 1.29 is 4.79 Å². The van der Waals surface area contributed by atoms with Gasteiger partial charge < -0.3 is 0 Å². The fourth-order valence-corrected chi connectivity index (χ4v) is 3.41. The molecule has 0 aliphatic heterocycles. The summed E-state index contributed by atoms with van der Waals surface area (Å²) in [6.07, 6.45) is 0. The van der Waals surface area contributed by atoms with Crippen molar-refractivity contribution in [3.05, 3.63) is 68.5 Å². The number of benzene rings is 2. The first-order chi connectivity index (χ1) is 11.4. The minimum Gasteiger partial charge on any atom is -0.298 e. The summed E-state index contributed by atoms with van der Waals surface area (Å²) in [7, 11) is 0. The van der Waals surface area contributed by atoms with Gasteiger partial charge in [0.2, 0.25) is 0 Å². The summed E-state index contributed by atoms with van der Waals surface area (Å²) in [6, 6.07) is 10.9. The number of carbonyl (C=O) groups is 1. The molecule has 0 spiro atoms. The maximum absolute atomic E-state index is 12.3. The number of halogens is 2. The van der Waals surface area contributed by atoms with Crippen LogP contribution in [0.2, 0.25) is 10.0 Å². The minimum atomic E-state index is -0.308. The van der Waals surface area contributed by atoms with E-state index >= 15 is 0 Å². The fraction of sp³-hybridized carbons (Fsp3) is 0.111. The van der Waals surface area contributed by atoms with E-state index in [9.17, 15) is 4.79 Å². The van der Waals surface area contributed by atoms with E-state index in [0.29, 0.717) is 20.7 Å². The first-order valence-electron chi connectivity index (χ1n) is 7.23. The molecule has 122 valence electrons. The number of anilines is 1. The molecule has 24 heavy (non-hydrogen) atoms. The fourth-order valence-electron chi connectivity index (χ4n) is 2.20. The van der Waals surface area contributed by atoms with E-state index in [-0.39, 0.29) is 5.91 Å².